The van der Waals surface area contributed by atoms with Crippen LogP contribution in [0, 0.1) is 5.82 Å². The zero-order valence-electron chi connectivity index (χ0n) is 9.86. The Balaban J connectivity index is 2.20. The molecule has 5 heteroatoms. The third-order valence-corrected chi connectivity index (χ3v) is 4.03. The first-order valence-corrected chi connectivity index (χ1v) is 6.62. The lowest BCUT2D eigenvalue weighted by Crippen LogP contribution is -2.19. The highest BCUT2D eigenvalue weighted by molar-refractivity contribution is 9.10. The van der Waals surface area contributed by atoms with E-state index in [0.717, 1.165) is 18.5 Å². The predicted molar refractivity (Wildman–Crippen MR) is 70.6 cm³/mol. The van der Waals surface area contributed by atoms with E-state index in [1.807, 2.05) is 11.7 Å². The van der Waals surface area contributed by atoms with Crippen molar-refractivity contribution in [3.05, 3.63) is 50.6 Å². The fraction of sp³-hybridized carbons (Fsp3) is 0.308. The highest BCUT2D eigenvalue weighted by Crippen LogP contribution is 2.42. The standard InChI is InChI=1S/C13H12BrFN2O/c1-16-12(8-2-3-8)11(14)13(18)17(16)10-6-4-9(15)5-7-10/h4-8H,2-3H2,1H3. The van der Waals surface area contributed by atoms with Gasteiger partial charge in [0.15, 0.2) is 0 Å². The molecule has 3 rings (SSSR count). The van der Waals surface area contributed by atoms with E-state index >= 15 is 0 Å². The lowest BCUT2D eigenvalue weighted by Gasteiger charge is -2.09. The summed E-state index contributed by atoms with van der Waals surface area (Å²) >= 11 is 3.38. The number of hydrogen-bond donors (Lipinski definition) is 0. The van der Waals surface area contributed by atoms with E-state index in [-0.39, 0.29) is 11.4 Å². The molecule has 1 heterocycles. The van der Waals surface area contributed by atoms with Gasteiger partial charge < -0.3 is 0 Å². The van der Waals surface area contributed by atoms with Crippen LogP contribution in [0.15, 0.2) is 33.5 Å². The highest BCUT2D eigenvalue weighted by Gasteiger charge is 2.31. The number of rotatable bonds is 2. The van der Waals surface area contributed by atoms with Gasteiger partial charge in [0.05, 0.1) is 11.4 Å². The molecule has 1 saturated carbocycles. The molecule has 3 nitrogen and oxygen atoms in total. The second kappa shape index (κ2) is 4.09. The van der Waals surface area contributed by atoms with Crippen LogP contribution in [-0.2, 0) is 7.05 Å². The van der Waals surface area contributed by atoms with Crippen molar-refractivity contribution in [2.75, 3.05) is 0 Å². The van der Waals surface area contributed by atoms with Crippen LogP contribution in [0.4, 0.5) is 4.39 Å². The Morgan fingerprint density at radius 3 is 2.44 bits per heavy atom. The third-order valence-electron chi connectivity index (χ3n) is 3.29. The van der Waals surface area contributed by atoms with E-state index in [2.05, 4.69) is 15.9 Å². The molecule has 18 heavy (non-hydrogen) atoms. The summed E-state index contributed by atoms with van der Waals surface area (Å²) in [5.74, 6) is 0.168. The average Bonchev–Trinajstić information content (AvgIpc) is 3.13. The molecule has 0 N–H and O–H groups in total. The molecule has 2 aromatic rings. The summed E-state index contributed by atoms with van der Waals surface area (Å²) in [7, 11) is 1.86. The van der Waals surface area contributed by atoms with Gasteiger partial charge in [0.2, 0.25) is 0 Å². The van der Waals surface area contributed by atoms with Crippen LogP contribution in [0.3, 0.4) is 0 Å². The molecule has 94 valence electrons. The Labute approximate surface area is 112 Å². The van der Waals surface area contributed by atoms with Crippen molar-refractivity contribution >= 4 is 15.9 Å². The summed E-state index contributed by atoms with van der Waals surface area (Å²) in [6, 6.07) is 5.94. The maximum absolute atomic E-state index is 12.9. The maximum atomic E-state index is 12.9. The van der Waals surface area contributed by atoms with E-state index in [0.29, 0.717) is 16.1 Å². The van der Waals surface area contributed by atoms with Crippen molar-refractivity contribution in [3.8, 4) is 5.69 Å². The van der Waals surface area contributed by atoms with E-state index in [1.54, 1.807) is 16.8 Å². The molecule has 1 aromatic heterocycles. The fourth-order valence-corrected chi connectivity index (χ4v) is 3.01. The minimum Gasteiger partial charge on any atom is -0.284 e. The van der Waals surface area contributed by atoms with Gasteiger partial charge in [-0.25, -0.2) is 9.07 Å². The Morgan fingerprint density at radius 1 is 1.28 bits per heavy atom. The molecule has 0 radical (unpaired) electrons. The highest BCUT2D eigenvalue weighted by atomic mass is 79.9. The maximum Gasteiger partial charge on any atom is 0.285 e. The number of nitrogens with zero attached hydrogens (tertiary/aromatic N) is 2. The number of benzene rings is 1. The second-order valence-corrected chi connectivity index (χ2v) is 5.38. The molecule has 1 fully saturated rings. The first-order chi connectivity index (χ1) is 8.59. The van der Waals surface area contributed by atoms with Crippen LogP contribution in [0.2, 0.25) is 0 Å². The molecule has 0 bridgehead atoms. The number of hydrogen-bond acceptors (Lipinski definition) is 1. The first kappa shape index (κ1) is 11.7. The summed E-state index contributed by atoms with van der Waals surface area (Å²) in [5.41, 5.74) is 1.62. The van der Waals surface area contributed by atoms with Crippen molar-refractivity contribution < 1.29 is 4.39 Å². The minimum atomic E-state index is -0.303. The van der Waals surface area contributed by atoms with Gasteiger partial charge in [-0.05, 0) is 53.0 Å². The van der Waals surface area contributed by atoms with Gasteiger partial charge in [-0.15, -0.1) is 0 Å². The topological polar surface area (TPSA) is 26.9 Å². The molecule has 0 atom stereocenters. The molecule has 1 aliphatic carbocycles. The van der Waals surface area contributed by atoms with Gasteiger partial charge in [0.1, 0.15) is 10.3 Å². The van der Waals surface area contributed by atoms with Gasteiger partial charge in [-0.2, -0.15) is 0 Å². The lowest BCUT2D eigenvalue weighted by atomic mass is 10.3. The van der Waals surface area contributed by atoms with Crippen LogP contribution in [0.5, 0.6) is 0 Å². The molecule has 1 aliphatic rings. The molecule has 1 aromatic carbocycles. The summed E-state index contributed by atoms with van der Waals surface area (Å²) in [4.78, 5) is 12.2. The van der Waals surface area contributed by atoms with E-state index in [9.17, 15) is 9.18 Å². The summed E-state index contributed by atoms with van der Waals surface area (Å²) in [6.45, 7) is 0. The third kappa shape index (κ3) is 1.73. The van der Waals surface area contributed by atoms with E-state index in [4.69, 9.17) is 0 Å². The van der Waals surface area contributed by atoms with Crippen LogP contribution >= 0.6 is 15.9 Å². The zero-order valence-corrected chi connectivity index (χ0v) is 11.4. The Morgan fingerprint density at radius 2 is 1.89 bits per heavy atom. The Bertz CT molecular complexity index is 653. The van der Waals surface area contributed by atoms with Crippen molar-refractivity contribution in [1.82, 2.24) is 9.36 Å². The SMILES string of the molecule is Cn1c(C2CC2)c(Br)c(=O)n1-c1ccc(F)cc1. The average molecular weight is 311 g/mol. The van der Waals surface area contributed by atoms with Gasteiger partial charge in [0, 0.05) is 13.0 Å². The summed E-state index contributed by atoms with van der Waals surface area (Å²) < 4.78 is 17.0. The minimum absolute atomic E-state index is 0.0917. The molecular weight excluding hydrogens is 299 g/mol. The quantitative estimate of drug-likeness (QED) is 0.838. The normalized spacial score (nSPS) is 15.1. The van der Waals surface area contributed by atoms with Gasteiger partial charge in [-0.1, -0.05) is 0 Å². The monoisotopic (exact) mass is 310 g/mol. The van der Waals surface area contributed by atoms with Crippen LogP contribution in [-0.4, -0.2) is 9.36 Å². The molecule has 0 spiro atoms. The van der Waals surface area contributed by atoms with Crippen LogP contribution in [0.1, 0.15) is 24.5 Å². The molecule has 0 aliphatic heterocycles. The van der Waals surface area contributed by atoms with E-state index in [1.165, 1.54) is 12.1 Å². The van der Waals surface area contributed by atoms with Gasteiger partial charge >= 0.3 is 0 Å². The fourth-order valence-electron chi connectivity index (χ4n) is 2.26. The predicted octanol–water partition coefficient (Wildman–Crippen LogP) is 2.96. The van der Waals surface area contributed by atoms with Crippen LogP contribution < -0.4 is 5.56 Å². The molecule has 0 unspecified atom stereocenters. The number of halogens is 2. The zero-order chi connectivity index (χ0) is 12.9. The molecule has 0 saturated heterocycles. The van der Waals surface area contributed by atoms with Crippen molar-refractivity contribution in [3.63, 3.8) is 0 Å². The largest absolute Gasteiger partial charge is 0.285 e. The Hall–Kier alpha value is -1.36. The first-order valence-electron chi connectivity index (χ1n) is 5.83. The van der Waals surface area contributed by atoms with Crippen LogP contribution in [0.25, 0.3) is 5.69 Å². The summed E-state index contributed by atoms with van der Waals surface area (Å²) in [6.07, 6.45) is 2.25. The number of aromatic nitrogens is 2. The van der Waals surface area contributed by atoms with E-state index < -0.39 is 0 Å². The molecular formula is C13H12BrFN2O. The molecule has 0 amide bonds. The van der Waals surface area contributed by atoms with Gasteiger partial charge in [-0.3, -0.25) is 9.48 Å². The van der Waals surface area contributed by atoms with Crippen molar-refractivity contribution in [2.45, 2.75) is 18.8 Å². The van der Waals surface area contributed by atoms with Gasteiger partial charge in [0.25, 0.3) is 5.56 Å². The second-order valence-electron chi connectivity index (χ2n) is 4.59. The Kier molecular flexibility index (Phi) is 2.66. The lowest BCUT2D eigenvalue weighted by molar-refractivity contribution is 0.607. The van der Waals surface area contributed by atoms with Crippen molar-refractivity contribution in [1.29, 1.82) is 0 Å². The summed E-state index contributed by atoms with van der Waals surface area (Å²) in [5, 5.41) is 0. The van der Waals surface area contributed by atoms with Crippen molar-refractivity contribution in [2.24, 2.45) is 7.05 Å². The smallest absolute Gasteiger partial charge is 0.284 e.